The molecular weight excluding hydrogens is 266 g/mol. The number of carbonyl (C=O) groups is 2. The number of amides is 1. The molecule has 5 nitrogen and oxygen atoms in total. The first-order valence-corrected chi connectivity index (χ1v) is 7.17. The monoisotopic (exact) mass is 283 g/mol. The van der Waals surface area contributed by atoms with E-state index in [1.165, 1.54) is 6.07 Å². The summed E-state index contributed by atoms with van der Waals surface area (Å²) in [4.78, 5) is 23.4. The lowest BCUT2D eigenvalue weighted by atomic mass is 10.0. The van der Waals surface area contributed by atoms with E-state index in [0.29, 0.717) is 11.5 Å². The summed E-state index contributed by atoms with van der Waals surface area (Å²) in [6, 6.07) is 3.13. The van der Waals surface area contributed by atoms with Crippen LogP contribution in [0.2, 0.25) is 0 Å². The molecule has 0 unspecified atom stereocenters. The highest BCUT2D eigenvalue weighted by atomic mass is 32.1. The summed E-state index contributed by atoms with van der Waals surface area (Å²) in [5.74, 6) is -1.19. The van der Waals surface area contributed by atoms with Crippen molar-refractivity contribution in [3.63, 3.8) is 0 Å². The van der Waals surface area contributed by atoms with Crippen LogP contribution in [-0.4, -0.2) is 35.7 Å². The van der Waals surface area contributed by atoms with Crippen molar-refractivity contribution >= 4 is 23.2 Å². The van der Waals surface area contributed by atoms with Crippen LogP contribution < -0.4 is 5.32 Å². The third kappa shape index (κ3) is 3.54. The first kappa shape index (κ1) is 14.0. The predicted molar refractivity (Wildman–Crippen MR) is 71.8 cm³/mol. The van der Waals surface area contributed by atoms with Gasteiger partial charge in [0.2, 0.25) is 0 Å². The first-order valence-electron chi connectivity index (χ1n) is 6.35. The zero-order chi connectivity index (χ0) is 13.8. The Balaban J connectivity index is 1.94. The summed E-state index contributed by atoms with van der Waals surface area (Å²) in [6.07, 6.45) is 2.77. The van der Waals surface area contributed by atoms with Crippen molar-refractivity contribution in [3.8, 4) is 0 Å². The topological polar surface area (TPSA) is 75.6 Å². The molecule has 2 atom stereocenters. The van der Waals surface area contributed by atoms with Gasteiger partial charge in [0, 0.05) is 12.6 Å². The van der Waals surface area contributed by atoms with Crippen LogP contribution in [0.5, 0.6) is 0 Å². The highest BCUT2D eigenvalue weighted by molar-refractivity contribution is 7.15. The van der Waals surface area contributed by atoms with E-state index in [0.717, 1.165) is 30.6 Å². The van der Waals surface area contributed by atoms with Gasteiger partial charge in [0.15, 0.2) is 0 Å². The maximum atomic E-state index is 12.0. The summed E-state index contributed by atoms with van der Waals surface area (Å²) < 4.78 is 5.55. The van der Waals surface area contributed by atoms with Crippen LogP contribution in [-0.2, 0) is 4.74 Å². The van der Waals surface area contributed by atoms with Gasteiger partial charge < -0.3 is 15.2 Å². The number of carboxylic acid groups (broad SMARTS) is 1. The number of carboxylic acids is 1. The maximum absolute atomic E-state index is 12.0. The quantitative estimate of drug-likeness (QED) is 0.887. The molecular formula is C13H17NO4S. The largest absolute Gasteiger partial charge is 0.477 e. The number of thiophene rings is 1. The van der Waals surface area contributed by atoms with Crippen LogP contribution in [0, 0.1) is 0 Å². The summed E-state index contributed by atoms with van der Waals surface area (Å²) in [5.41, 5.74) is 0. The van der Waals surface area contributed by atoms with Gasteiger partial charge in [0.05, 0.1) is 11.0 Å². The normalized spacial score (nSPS) is 23.0. The first-order chi connectivity index (χ1) is 9.10. The number of hydrogen-bond donors (Lipinski definition) is 2. The van der Waals surface area contributed by atoms with Crippen LogP contribution in [0.1, 0.15) is 45.5 Å². The molecule has 2 rings (SSSR count). The second kappa shape index (κ2) is 6.16. The molecule has 0 bridgehead atoms. The average Bonchev–Trinajstić information content (AvgIpc) is 2.89. The highest BCUT2D eigenvalue weighted by Gasteiger charge is 2.23. The fraction of sp³-hybridized carbons (Fsp3) is 0.538. The van der Waals surface area contributed by atoms with E-state index < -0.39 is 5.97 Å². The van der Waals surface area contributed by atoms with Gasteiger partial charge >= 0.3 is 5.97 Å². The van der Waals surface area contributed by atoms with Crippen molar-refractivity contribution in [1.82, 2.24) is 5.32 Å². The van der Waals surface area contributed by atoms with Gasteiger partial charge in [-0.15, -0.1) is 11.3 Å². The molecule has 1 aromatic heterocycles. The third-order valence-corrected chi connectivity index (χ3v) is 4.27. The molecule has 0 radical (unpaired) electrons. The zero-order valence-corrected chi connectivity index (χ0v) is 11.5. The molecule has 1 aliphatic rings. The molecule has 1 aromatic rings. The van der Waals surface area contributed by atoms with Crippen LogP contribution in [0.3, 0.4) is 0 Å². The number of aromatic carboxylic acids is 1. The van der Waals surface area contributed by atoms with Crippen LogP contribution in [0.25, 0.3) is 0 Å². The van der Waals surface area contributed by atoms with Crippen LogP contribution in [0.4, 0.5) is 0 Å². The number of carbonyl (C=O) groups excluding carboxylic acids is 1. The second-order valence-electron chi connectivity index (χ2n) is 4.56. The summed E-state index contributed by atoms with van der Waals surface area (Å²) >= 11 is 1.00. The van der Waals surface area contributed by atoms with Crippen molar-refractivity contribution in [2.24, 2.45) is 0 Å². The number of rotatable bonds is 4. The van der Waals surface area contributed by atoms with Gasteiger partial charge in [-0.25, -0.2) is 4.79 Å². The second-order valence-corrected chi connectivity index (χ2v) is 5.65. The maximum Gasteiger partial charge on any atom is 0.345 e. The van der Waals surface area contributed by atoms with Crippen molar-refractivity contribution in [1.29, 1.82) is 0 Å². The number of nitrogens with one attached hydrogen (secondary N) is 1. The minimum Gasteiger partial charge on any atom is -0.477 e. The van der Waals surface area contributed by atoms with E-state index in [-0.39, 0.29) is 22.9 Å². The number of ether oxygens (including phenoxy) is 1. The minimum absolute atomic E-state index is 0.113. The van der Waals surface area contributed by atoms with Crippen LogP contribution >= 0.6 is 11.3 Å². The smallest absolute Gasteiger partial charge is 0.345 e. The summed E-state index contributed by atoms with van der Waals surface area (Å²) in [5, 5.41) is 11.8. The predicted octanol–water partition coefficient (Wildman–Crippen LogP) is 2.13. The molecule has 1 aliphatic heterocycles. The fourth-order valence-electron chi connectivity index (χ4n) is 2.13. The van der Waals surface area contributed by atoms with Gasteiger partial charge in [0.25, 0.3) is 5.91 Å². The van der Waals surface area contributed by atoms with E-state index >= 15 is 0 Å². The molecule has 1 fully saturated rings. The van der Waals surface area contributed by atoms with Gasteiger partial charge in [-0.2, -0.15) is 0 Å². The highest BCUT2D eigenvalue weighted by Crippen LogP contribution is 2.19. The average molecular weight is 283 g/mol. The minimum atomic E-state index is -0.999. The summed E-state index contributed by atoms with van der Waals surface area (Å²) in [7, 11) is 0. The Morgan fingerprint density at radius 1 is 1.47 bits per heavy atom. The molecule has 0 saturated carbocycles. The molecule has 0 aliphatic carbocycles. The Hall–Kier alpha value is -1.40. The standard InChI is InChI=1S/C13H17NO4S/c1-2-9-7-8(5-6-18-9)14-12(15)10-3-4-11(19-10)13(16)17/h3-4,8-9H,2,5-7H2,1H3,(H,14,15)(H,16,17)/t8-,9-/m0/s1. The van der Waals surface area contributed by atoms with Gasteiger partial charge in [0.1, 0.15) is 4.88 Å². The fourth-order valence-corrected chi connectivity index (χ4v) is 2.88. The summed E-state index contributed by atoms with van der Waals surface area (Å²) in [6.45, 7) is 2.72. The van der Waals surface area contributed by atoms with Crippen LogP contribution in [0.15, 0.2) is 12.1 Å². The number of hydrogen-bond acceptors (Lipinski definition) is 4. The molecule has 1 amide bonds. The Morgan fingerprint density at radius 3 is 2.84 bits per heavy atom. The lowest BCUT2D eigenvalue weighted by Crippen LogP contribution is -2.41. The van der Waals surface area contributed by atoms with Crippen molar-refractivity contribution in [2.75, 3.05) is 6.61 Å². The Labute approximate surface area is 115 Å². The van der Waals surface area contributed by atoms with Crippen molar-refractivity contribution in [3.05, 3.63) is 21.9 Å². The zero-order valence-electron chi connectivity index (χ0n) is 10.7. The van der Waals surface area contributed by atoms with E-state index in [4.69, 9.17) is 9.84 Å². The Kier molecular flexibility index (Phi) is 4.55. The Bertz CT molecular complexity index is 471. The SMILES string of the molecule is CC[C@H]1C[C@@H](NC(=O)c2ccc(C(=O)O)s2)CCO1. The van der Waals surface area contributed by atoms with E-state index in [1.54, 1.807) is 6.07 Å². The molecule has 0 spiro atoms. The Morgan fingerprint density at radius 2 is 2.21 bits per heavy atom. The van der Waals surface area contributed by atoms with E-state index in [1.807, 2.05) is 0 Å². The molecule has 6 heteroatoms. The third-order valence-electron chi connectivity index (χ3n) is 3.20. The van der Waals surface area contributed by atoms with E-state index in [9.17, 15) is 9.59 Å². The van der Waals surface area contributed by atoms with Crippen molar-refractivity contribution < 1.29 is 19.4 Å². The van der Waals surface area contributed by atoms with Gasteiger partial charge in [-0.05, 0) is 31.4 Å². The van der Waals surface area contributed by atoms with Crippen molar-refractivity contribution in [2.45, 2.75) is 38.3 Å². The molecule has 2 N–H and O–H groups in total. The van der Waals surface area contributed by atoms with E-state index in [2.05, 4.69) is 12.2 Å². The van der Waals surface area contributed by atoms with Gasteiger partial charge in [-0.3, -0.25) is 4.79 Å². The molecule has 1 saturated heterocycles. The molecule has 104 valence electrons. The molecule has 2 heterocycles. The molecule has 0 aromatic carbocycles. The lowest BCUT2D eigenvalue weighted by molar-refractivity contribution is 0.000651. The lowest BCUT2D eigenvalue weighted by Gasteiger charge is -2.29. The van der Waals surface area contributed by atoms with Gasteiger partial charge in [-0.1, -0.05) is 6.92 Å². The molecule has 19 heavy (non-hydrogen) atoms.